The minimum absolute atomic E-state index is 0. The van der Waals surface area contributed by atoms with Crippen LogP contribution in [0.25, 0.3) is 0 Å². The van der Waals surface area contributed by atoms with Crippen LogP contribution in [0.15, 0.2) is 0 Å². The molecule has 0 heterocycles. The minimum atomic E-state index is 0. The van der Waals surface area contributed by atoms with Gasteiger partial charge in [0.25, 0.3) is 0 Å². The Morgan fingerprint density at radius 3 is 0.733 bits per heavy atom. The Bertz CT molecular complexity index is 243. The van der Waals surface area contributed by atoms with Gasteiger partial charge in [-0.25, -0.2) is 0 Å². The summed E-state index contributed by atoms with van der Waals surface area (Å²) in [5.74, 6) is 0. The molecule has 0 unspecified atom stereocenters. The van der Waals surface area contributed by atoms with Crippen molar-refractivity contribution in [2.45, 2.75) is 178 Å². The van der Waals surface area contributed by atoms with Gasteiger partial charge in [0, 0.05) is 0 Å². The third-order valence-corrected chi connectivity index (χ3v) is 9.95. The molecule has 0 aromatic heterocycles. The van der Waals surface area contributed by atoms with Crippen LogP contribution in [0, 0.1) is 0 Å². The van der Waals surface area contributed by atoms with E-state index >= 15 is 0 Å². The van der Waals surface area contributed by atoms with Gasteiger partial charge in [-0.05, 0) is 0 Å². The van der Waals surface area contributed by atoms with Crippen LogP contribution < -0.4 is 4.70 Å². The Balaban J connectivity index is 0. The van der Waals surface area contributed by atoms with Crippen molar-refractivity contribution < 1.29 is 4.70 Å². The van der Waals surface area contributed by atoms with Crippen LogP contribution in [0.1, 0.15) is 168 Å². The molecule has 0 aliphatic heterocycles. The zero-order valence-electron chi connectivity index (χ0n) is 21.3. The van der Waals surface area contributed by atoms with Crippen LogP contribution >= 0.6 is 0 Å². The summed E-state index contributed by atoms with van der Waals surface area (Å²) < 4.78 is 0. The molecule has 180 valence electrons. The molecule has 0 spiro atoms. The summed E-state index contributed by atoms with van der Waals surface area (Å²) in [5.41, 5.74) is 0. The van der Waals surface area contributed by atoms with E-state index in [4.69, 9.17) is 0 Å². The normalized spacial score (nSPS) is 10.7. The number of halogens is 1. The summed E-state index contributed by atoms with van der Waals surface area (Å²) in [4.78, 5) is 3.30. The fourth-order valence-corrected chi connectivity index (χ4v) is 7.43. The Kier molecular flexibility index (Phi) is 34.7. The van der Waals surface area contributed by atoms with E-state index in [1.54, 1.807) is 22.8 Å². The number of hydrogen-bond donors (Lipinski definition) is 0. The van der Waals surface area contributed by atoms with Crippen LogP contribution in [-0.2, 0) is 0 Å². The van der Waals surface area contributed by atoms with Gasteiger partial charge in [-0.2, -0.15) is 0 Å². The number of rotatable bonds is 26. The van der Waals surface area contributed by atoms with E-state index in [0.717, 1.165) is 0 Å². The molecular weight excluding hydrogens is 425 g/mol. The monoisotopic (exact) mass is 482 g/mol. The maximum absolute atomic E-state index is 2.31. The van der Waals surface area contributed by atoms with Crippen molar-refractivity contribution >= 4 is 17.4 Å². The second-order valence-electron chi connectivity index (χ2n) is 9.64. The average molecular weight is 483 g/mol. The molecule has 0 rings (SSSR count). The van der Waals surface area contributed by atoms with Gasteiger partial charge in [0.2, 0.25) is 0 Å². The summed E-state index contributed by atoms with van der Waals surface area (Å²) in [6, 6.07) is 0. The van der Waals surface area contributed by atoms with Crippen LogP contribution in [0.4, 0.5) is 0 Å². The third-order valence-electron chi connectivity index (χ3n) is 6.52. The summed E-state index contributed by atoms with van der Waals surface area (Å²) in [7, 11) is 0. The first-order valence-electron chi connectivity index (χ1n) is 14.2. The van der Waals surface area contributed by atoms with Crippen molar-refractivity contribution in [1.82, 2.24) is 0 Å². The molecule has 0 aromatic carbocycles. The Hall–Kier alpha value is 0.566. The Labute approximate surface area is 199 Å². The molecule has 0 saturated heterocycles. The van der Waals surface area contributed by atoms with Gasteiger partial charge in [-0.1, -0.05) is 26.7 Å². The van der Waals surface area contributed by atoms with Crippen LogP contribution in [0.2, 0.25) is 9.95 Å². The van der Waals surface area contributed by atoms with Crippen molar-refractivity contribution in [1.29, 1.82) is 0 Å². The Morgan fingerprint density at radius 1 is 0.300 bits per heavy atom. The fourth-order valence-electron chi connectivity index (χ4n) is 4.40. The standard InChI is InChI=1S/2C14H29.FH.Ga/c2*1-3-5-7-9-11-13-14-12-10-8-6-4-2;;/h2*1,3-14H2,2H3;1H;/q;;;+1/p-1. The van der Waals surface area contributed by atoms with E-state index in [1.807, 2.05) is 0 Å². The molecular formula is C28H58FGa. The summed E-state index contributed by atoms with van der Waals surface area (Å²) in [5, 5.41) is 0. The number of hydrogen-bond acceptors (Lipinski definition) is 0. The van der Waals surface area contributed by atoms with Crippen molar-refractivity contribution in [3.05, 3.63) is 0 Å². The van der Waals surface area contributed by atoms with E-state index in [1.165, 1.54) is 141 Å². The molecule has 0 radical (unpaired) electrons. The summed E-state index contributed by atoms with van der Waals surface area (Å²) >= 11 is 0.145. The molecule has 0 aromatic rings. The molecule has 0 fully saturated rings. The number of unbranched alkanes of at least 4 members (excludes halogenated alkanes) is 22. The van der Waals surface area contributed by atoms with E-state index in [0.29, 0.717) is 0 Å². The molecule has 2 heteroatoms. The molecule has 0 aliphatic carbocycles. The van der Waals surface area contributed by atoms with Gasteiger partial charge < -0.3 is 4.70 Å². The average Bonchev–Trinajstić information content (AvgIpc) is 2.74. The third kappa shape index (κ3) is 30.8. The predicted molar refractivity (Wildman–Crippen MR) is 138 cm³/mol. The zero-order chi connectivity index (χ0) is 21.1. The van der Waals surface area contributed by atoms with Crippen molar-refractivity contribution in [3.8, 4) is 0 Å². The molecule has 0 saturated carbocycles. The first kappa shape index (κ1) is 32.7. The van der Waals surface area contributed by atoms with Gasteiger partial charge in [0.1, 0.15) is 0 Å². The first-order chi connectivity index (χ1) is 14.4. The van der Waals surface area contributed by atoms with E-state index in [-0.39, 0.29) is 22.1 Å². The zero-order valence-corrected chi connectivity index (χ0v) is 23.8. The summed E-state index contributed by atoms with van der Waals surface area (Å²) in [6.45, 7) is 4.62. The van der Waals surface area contributed by atoms with Gasteiger partial charge in [-0.3, -0.25) is 0 Å². The quantitative estimate of drug-likeness (QED) is 0.0866. The second-order valence-corrected chi connectivity index (χ2v) is 13.3. The van der Waals surface area contributed by atoms with Crippen LogP contribution in [0.3, 0.4) is 0 Å². The van der Waals surface area contributed by atoms with E-state index < -0.39 is 0 Å². The van der Waals surface area contributed by atoms with Gasteiger partial charge in [0.05, 0.1) is 0 Å². The molecule has 0 aliphatic rings. The van der Waals surface area contributed by atoms with Crippen LogP contribution in [0.5, 0.6) is 0 Å². The maximum atomic E-state index is 2.31. The SMILES string of the molecule is CCCCCCCCCCCCC[CH2][Ga+][CH2]CCCCCCCCCCCCC.[F-]. The van der Waals surface area contributed by atoms with Crippen molar-refractivity contribution in [3.63, 3.8) is 0 Å². The van der Waals surface area contributed by atoms with Gasteiger partial charge in [0.15, 0.2) is 0 Å². The molecule has 0 bridgehead atoms. The predicted octanol–water partition coefficient (Wildman–Crippen LogP) is 7.93. The van der Waals surface area contributed by atoms with Crippen molar-refractivity contribution in [2.75, 3.05) is 0 Å². The van der Waals surface area contributed by atoms with Crippen LogP contribution in [-0.4, -0.2) is 17.4 Å². The van der Waals surface area contributed by atoms with Crippen molar-refractivity contribution in [2.24, 2.45) is 0 Å². The summed E-state index contributed by atoms with van der Waals surface area (Å²) in [6.07, 6.45) is 35.8. The molecule has 0 amide bonds. The minimum Gasteiger partial charge on any atom is -1.00 e. The molecule has 0 N–H and O–H groups in total. The van der Waals surface area contributed by atoms with E-state index in [2.05, 4.69) is 13.8 Å². The van der Waals surface area contributed by atoms with E-state index in [9.17, 15) is 0 Å². The molecule has 0 nitrogen and oxygen atoms in total. The van der Waals surface area contributed by atoms with Gasteiger partial charge >= 0.3 is 169 Å². The first-order valence-corrected chi connectivity index (χ1v) is 17.7. The second kappa shape index (κ2) is 31.8. The molecule has 30 heavy (non-hydrogen) atoms. The smallest absolute Gasteiger partial charge is 1.00 e. The van der Waals surface area contributed by atoms with Gasteiger partial charge in [-0.15, -0.1) is 0 Å². The fraction of sp³-hybridized carbons (Fsp3) is 1.00. The molecule has 0 atom stereocenters. The topological polar surface area (TPSA) is 0 Å². The Morgan fingerprint density at radius 2 is 0.500 bits per heavy atom.